The summed E-state index contributed by atoms with van der Waals surface area (Å²) in [4.78, 5) is 2.58. The topological polar surface area (TPSA) is 15.3 Å². The number of nitrogens with one attached hydrogen (secondary N) is 1. The smallest absolute Gasteiger partial charge is 0.0410 e. The standard InChI is InChI=1S/C15H23ClN2/c1-13-12-14(16)6-7-15(13)17-8-5-11-18-9-3-2-4-10-18/h6-7,12,17H,2-5,8-11H2,1H3. The lowest BCUT2D eigenvalue weighted by atomic mass is 10.1. The van der Waals surface area contributed by atoms with E-state index >= 15 is 0 Å². The third-order valence-electron chi connectivity index (χ3n) is 3.60. The Morgan fingerprint density at radius 2 is 2.00 bits per heavy atom. The van der Waals surface area contributed by atoms with Gasteiger partial charge in [-0.1, -0.05) is 18.0 Å². The average Bonchev–Trinajstić information content (AvgIpc) is 2.38. The fraction of sp³-hybridized carbons (Fsp3) is 0.600. The lowest BCUT2D eigenvalue weighted by Gasteiger charge is -2.26. The Labute approximate surface area is 115 Å². The minimum Gasteiger partial charge on any atom is -0.385 e. The Kier molecular flexibility index (Phi) is 5.33. The first kappa shape index (κ1) is 13.7. The van der Waals surface area contributed by atoms with Crippen molar-refractivity contribution in [1.82, 2.24) is 4.90 Å². The molecule has 1 aliphatic rings. The van der Waals surface area contributed by atoms with Crippen LogP contribution in [-0.4, -0.2) is 31.1 Å². The number of halogens is 1. The quantitative estimate of drug-likeness (QED) is 0.813. The normalized spacial score (nSPS) is 16.8. The monoisotopic (exact) mass is 266 g/mol. The molecule has 0 unspecified atom stereocenters. The van der Waals surface area contributed by atoms with E-state index in [0.717, 1.165) is 11.6 Å². The second kappa shape index (κ2) is 7.01. The molecule has 1 fully saturated rings. The van der Waals surface area contributed by atoms with Gasteiger partial charge in [0.1, 0.15) is 0 Å². The molecular formula is C15H23ClN2. The number of anilines is 1. The first-order chi connectivity index (χ1) is 8.75. The van der Waals surface area contributed by atoms with Crippen LogP contribution in [0.2, 0.25) is 5.02 Å². The van der Waals surface area contributed by atoms with Gasteiger partial charge in [-0.15, -0.1) is 0 Å². The largest absolute Gasteiger partial charge is 0.385 e. The summed E-state index contributed by atoms with van der Waals surface area (Å²) >= 11 is 5.95. The summed E-state index contributed by atoms with van der Waals surface area (Å²) in [6, 6.07) is 6.02. The van der Waals surface area contributed by atoms with E-state index < -0.39 is 0 Å². The van der Waals surface area contributed by atoms with E-state index in [0.29, 0.717) is 0 Å². The van der Waals surface area contributed by atoms with E-state index in [1.807, 2.05) is 12.1 Å². The summed E-state index contributed by atoms with van der Waals surface area (Å²) < 4.78 is 0. The van der Waals surface area contributed by atoms with E-state index in [9.17, 15) is 0 Å². The third-order valence-corrected chi connectivity index (χ3v) is 3.84. The van der Waals surface area contributed by atoms with Crippen molar-refractivity contribution in [3.8, 4) is 0 Å². The van der Waals surface area contributed by atoms with Crippen molar-refractivity contribution < 1.29 is 0 Å². The van der Waals surface area contributed by atoms with Crippen molar-refractivity contribution in [3.63, 3.8) is 0 Å². The molecule has 2 nitrogen and oxygen atoms in total. The predicted octanol–water partition coefficient (Wildman–Crippen LogP) is 3.94. The Morgan fingerprint density at radius 1 is 1.22 bits per heavy atom. The lowest BCUT2D eigenvalue weighted by molar-refractivity contribution is 0.228. The fourth-order valence-corrected chi connectivity index (χ4v) is 2.76. The molecule has 0 atom stereocenters. The van der Waals surface area contributed by atoms with Crippen molar-refractivity contribution in [3.05, 3.63) is 28.8 Å². The Hall–Kier alpha value is -0.730. The highest BCUT2D eigenvalue weighted by atomic mass is 35.5. The summed E-state index contributed by atoms with van der Waals surface area (Å²) in [7, 11) is 0. The third kappa shape index (κ3) is 4.18. The Morgan fingerprint density at radius 3 is 2.72 bits per heavy atom. The number of piperidine rings is 1. The minimum absolute atomic E-state index is 0.811. The molecule has 3 heteroatoms. The van der Waals surface area contributed by atoms with Crippen LogP contribution in [-0.2, 0) is 0 Å². The maximum absolute atomic E-state index is 5.95. The molecule has 2 rings (SSSR count). The molecule has 0 radical (unpaired) electrons. The van der Waals surface area contributed by atoms with Crippen molar-refractivity contribution in [2.24, 2.45) is 0 Å². The number of rotatable bonds is 5. The van der Waals surface area contributed by atoms with Crippen LogP contribution in [0, 0.1) is 6.92 Å². The van der Waals surface area contributed by atoms with E-state index in [4.69, 9.17) is 11.6 Å². The van der Waals surface area contributed by atoms with Crippen molar-refractivity contribution in [2.75, 3.05) is 31.5 Å². The molecule has 0 bridgehead atoms. The van der Waals surface area contributed by atoms with Gasteiger partial charge < -0.3 is 10.2 Å². The van der Waals surface area contributed by atoms with Crippen LogP contribution in [0.3, 0.4) is 0 Å². The molecule has 1 aromatic rings. The first-order valence-electron chi connectivity index (χ1n) is 6.98. The molecule has 1 aromatic carbocycles. The van der Waals surface area contributed by atoms with Crippen LogP contribution in [0.4, 0.5) is 5.69 Å². The van der Waals surface area contributed by atoms with Gasteiger partial charge in [0.05, 0.1) is 0 Å². The minimum atomic E-state index is 0.811. The number of likely N-dealkylation sites (tertiary alicyclic amines) is 1. The highest BCUT2D eigenvalue weighted by Crippen LogP contribution is 2.19. The molecule has 1 heterocycles. The van der Waals surface area contributed by atoms with Gasteiger partial charge in [0.25, 0.3) is 0 Å². The second-order valence-electron chi connectivity index (χ2n) is 5.14. The molecule has 0 aliphatic carbocycles. The van der Waals surface area contributed by atoms with Gasteiger partial charge in [-0.25, -0.2) is 0 Å². The van der Waals surface area contributed by atoms with Crippen LogP contribution in [0.25, 0.3) is 0 Å². The zero-order valence-electron chi connectivity index (χ0n) is 11.2. The molecule has 1 N–H and O–H groups in total. The van der Waals surface area contributed by atoms with E-state index in [-0.39, 0.29) is 0 Å². The summed E-state index contributed by atoms with van der Waals surface area (Å²) in [6.45, 7) is 6.94. The van der Waals surface area contributed by atoms with Crippen LogP contribution >= 0.6 is 11.6 Å². The predicted molar refractivity (Wildman–Crippen MR) is 79.6 cm³/mol. The molecule has 18 heavy (non-hydrogen) atoms. The van der Waals surface area contributed by atoms with Crippen LogP contribution in [0.1, 0.15) is 31.2 Å². The molecule has 1 saturated heterocycles. The average molecular weight is 267 g/mol. The zero-order chi connectivity index (χ0) is 12.8. The fourth-order valence-electron chi connectivity index (χ4n) is 2.53. The van der Waals surface area contributed by atoms with Crippen molar-refractivity contribution >= 4 is 17.3 Å². The summed E-state index contributed by atoms with van der Waals surface area (Å²) in [5.41, 5.74) is 2.43. The van der Waals surface area contributed by atoms with E-state index in [1.165, 1.54) is 56.6 Å². The lowest BCUT2D eigenvalue weighted by Crippen LogP contribution is -2.31. The van der Waals surface area contributed by atoms with Gasteiger partial charge in [-0.3, -0.25) is 0 Å². The van der Waals surface area contributed by atoms with Gasteiger partial charge >= 0.3 is 0 Å². The Balaban J connectivity index is 1.68. The molecular weight excluding hydrogens is 244 g/mol. The summed E-state index contributed by atoms with van der Waals surface area (Å²) in [6.07, 6.45) is 5.38. The van der Waals surface area contributed by atoms with Crippen LogP contribution in [0.5, 0.6) is 0 Å². The van der Waals surface area contributed by atoms with Gasteiger partial charge in [0.2, 0.25) is 0 Å². The molecule has 0 amide bonds. The number of hydrogen-bond acceptors (Lipinski definition) is 2. The molecule has 0 spiro atoms. The molecule has 100 valence electrons. The molecule has 0 saturated carbocycles. The maximum atomic E-state index is 5.95. The number of hydrogen-bond donors (Lipinski definition) is 1. The van der Waals surface area contributed by atoms with Crippen molar-refractivity contribution in [1.29, 1.82) is 0 Å². The van der Waals surface area contributed by atoms with E-state index in [1.54, 1.807) is 0 Å². The summed E-state index contributed by atoms with van der Waals surface area (Å²) in [5, 5.41) is 4.31. The van der Waals surface area contributed by atoms with Crippen LogP contribution in [0.15, 0.2) is 18.2 Å². The van der Waals surface area contributed by atoms with Gasteiger partial charge in [-0.05, 0) is 69.6 Å². The Bertz CT molecular complexity index is 373. The van der Waals surface area contributed by atoms with Crippen molar-refractivity contribution in [2.45, 2.75) is 32.6 Å². The van der Waals surface area contributed by atoms with Gasteiger partial charge in [0.15, 0.2) is 0 Å². The van der Waals surface area contributed by atoms with Crippen LogP contribution < -0.4 is 5.32 Å². The molecule has 0 aromatic heterocycles. The number of nitrogens with zero attached hydrogens (tertiary/aromatic N) is 1. The highest BCUT2D eigenvalue weighted by Gasteiger charge is 2.08. The zero-order valence-corrected chi connectivity index (χ0v) is 12.0. The van der Waals surface area contributed by atoms with Gasteiger partial charge in [0, 0.05) is 17.3 Å². The van der Waals surface area contributed by atoms with E-state index in [2.05, 4.69) is 23.2 Å². The van der Waals surface area contributed by atoms with Gasteiger partial charge in [-0.2, -0.15) is 0 Å². The second-order valence-corrected chi connectivity index (χ2v) is 5.58. The number of aryl methyl sites for hydroxylation is 1. The SMILES string of the molecule is Cc1cc(Cl)ccc1NCCCN1CCCCC1. The maximum Gasteiger partial charge on any atom is 0.0410 e. The first-order valence-corrected chi connectivity index (χ1v) is 7.36. The number of benzene rings is 1. The molecule has 1 aliphatic heterocycles. The summed E-state index contributed by atoms with van der Waals surface area (Å²) in [5.74, 6) is 0. The highest BCUT2D eigenvalue weighted by molar-refractivity contribution is 6.30.